The minimum atomic E-state index is -0.213. The van der Waals surface area contributed by atoms with E-state index in [1.54, 1.807) is 18.1 Å². The smallest absolute Gasteiger partial charge is 0.317 e. The lowest BCUT2D eigenvalue weighted by atomic mass is 10.1. The molecule has 2 amide bonds. The van der Waals surface area contributed by atoms with Gasteiger partial charge in [-0.25, -0.2) is 4.79 Å². The van der Waals surface area contributed by atoms with Gasteiger partial charge in [-0.3, -0.25) is 4.98 Å². The monoisotopic (exact) mass is 221 g/mol. The highest BCUT2D eigenvalue weighted by Gasteiger charge is 2.16. The van der Waals surface area contributed by atoms with Gasteiger partial charge in [0.05, 0.1) is 12.2 Å². The van der Waals surface area contributed by atoms with Crippen LogP contribution >= 0.6 is 0 Å². The third-order valence-electron chi connectivity index (χ3n) is 1.95. The summed E-state index contributed by atoms with van der Waals surface area (Å²) >= 11 is 0. The van der Waals surface area contributed by atoms with Gasteiger partial charge in [0.25, 0.3) is 0 Å². The van der Waals surface area contributed by atoms with Crippen LogP contribution in [-0.2, 0) is 6.54 Å². The first-order valence-electron chi connectivity index (χ1n) is 5.32. The van der Waals surface area contributed by atoms with Gasteiger partial charge in [-0.15, -0.1) is 0 Å². The summed E-state index contributed by atoms with van der Waals surface area (Å²) < 4.78 is 0. The second kappa shape index (κ2) is 4.96. The van der Waals surface area contributed by atoms with E-state index in [4.69, 9.17) is 0 Å². The van der Waals surface area contributed by atoms with Gasteiger partial charge in [0.1, 0.15) is 0 Å². The van der Waals surface area contributed by atoms with E-state index in [1.807, 2.05) is 39.0 Å². The van der Waals surface area contributed by atoms with Crippen LogP contribution in [0.3, 0.4) is 0 Å². The van der Waals surface area contributed by atoms with Crippen LogP contribution in [0.2, 0.25) is 0 Å². The quantitative estimate of drug-likeness (QED) is 0.830. The minimum Gasteiger partial charge on any atom is -0.333 e. The highest BCUT2D eigenvalue weighted by molar-refractivity contribution is 5.74. The zero-order chi connectivity index (χ0) is 12.2. The fourth-order valence-corrected chi connectivity index (χ4v) is 1.22. The number of nitrogens with zero attached hydrogens (tertiary/aromatic N) is 2. The van der Waals surface area contributed by atoms with Gasteiger partial charge in [0, 0.05) is 18.8 Å². The summed E-state index contributed by atoms with van der Waals surface area (Å²) in [7, 11) is 1.76. The van der Waals surface area contributed by atoms with Crippen molar-refractivity contribution in [1.82, 2.24) is 15.2 Å². The predicted molar refractivity (Wildman–Crippen MR) is 64.0 cm³/mol. The van der Waals surface area contributed by atoms with Gasteiger partial charge in [-0.05, 0) is 32.9 Å². The first-order valence-corrected chi connectivity index (χ1v) is 5.32. The molecule has 1 N–H and O–H groups in total. The molecule has 1 aromatic heterocycles. The van der Waals surface area contributed by atoms with Crippen molar-refractivity contribution in [3.63, 3.8) is 0 Å². The fraction of sp³-hybridized carbons (Fsp3) is 0.500. The number of carbonyl (C=O) groups excluding carboxylic acids is 1. The van der Waals surface area contributed by atoms with E-state index < -0.39 is 0 Å². The van der Waals surface area contributed by atoms with E-state index in [9.17, 15) is 4.79 Å². The Balaban J connectivity index is 2.53. The summed E-state index contributed by atoms with van der Waals surface area (Å²) in [5.74, 6) is 0. The Labute approximate surface area is 96.7 Å². The van der Waals surface area contributed by atoms with E-state index in [-0.39, 0.29) is 11.6 Å². The van der Waals surface area contributed by atoms with Crippen LogP contribution in [0.25, 0.3) is 0 Å². The predicted octanol–water partition coefficient (Wildman–Crippen LogP) is 2.02. The lowest BCUT2D eigenvalue weighted by Crippen LogP contribution is -2.46. The molecule has 0 atom stereocenters. The molecule has 1 aromatic rings. The molecule has 0 spiro atoms. The second-order valence-electron chi connectivity index (χ2n) is 4.86. The maximum atomic E-state index is 11.8. The number of nitrogens with one attached hydrogen (secondary N) is 1. The third kappa shape index (κ3) is 4.29. The molecule has 16 heavy (non-hydrogen) atoms. The van der Waals surface area contributed by atoms with E-state index >= 15 is 0 Å². The number of hydrogen-bond donors (Lipinski definition) is 1. The normalized spacial score (nSPS) is 11.0. The number of amides is 2. The Morgan fingerprint density at radius 2 is 2.12 bits per heavy atom. The summed E-state index contributed by atoms with van der Waals surface area (Å²) in [6, 6.07) is 5.59. The molecule has 0 saturated heterocycles. The van der Waals surface area contributed by atoms with E-state index in [2.05, 4.69) is 10.3 Å². The molecule has 88 valence electrons. The van der Waals surface area contributed by atoms with Crippen molar-refractivity contribution in [3.05, 3.63) is 30.1 Å². The molecule has 1 heterocycles. The van der Waals surface area contributed by atoms with Crippen LogP contribution in [0, 0.1) is 0 Å². The van der Waals surface area contributed by atoms with Gasteiger partial charge in [-0.2, -0.15) is 0 Å². The van der Waals surface area contributed by atoms with Crippen molar-refractivity contribution >= 4 is 6.03 Å². The van der Waals surface area contributed by atoms with Gasteiger partial charge >= 0.3 is 6.03 Å². The molecule has 0 aliphatic rings. The van der Waals surface area contributed by atoms with Crippen molar-refractivity contribution in [2.45, 2.75) is 32.9 Å². The topological polar surface area (TPSA) is 45.2 Å². The van der Waals surface area contributed by atoms with Crippen molar-refractivity contribution in [2.75, 3.05) is 7.05 Å². The Hall–Kier alpha value is -1.58. The Morgan fingerprint density at radius 1 is 1.44 bits per heavy atom. The molecule has 0 aliphatic carbocycles. The number of hydrogen-bond acceptors (Lipinski definition) is 2. The number of rotatable bonds is 2. The zero-order valence-electron chi connectivity index (χ0n) is 10.3. The van der Waals surface area contributed by atoms with Gasteiger partial charge < -0.3 is 10.2 Å². The Kier molecular flexibility index (Phi) is 3.88. The SMILES string of the molecule is CN(Cc1ccccn1)C(=O)NC(C)(C)C. The summed E-state index contributed by atoms with van der Waals surface area (Å²) in [5.41, 5.74) is 0.671. The molecule has 0 bridgehead atoms. The summed E-state index contributed by atoms with van der Waals surface area (Å²) in [4.78, 5) is 17.5. The van der Waals surface area contributed by atoms with Crippen molar-refractivity contribution in [2.24, 2.45) is 0 Å². The summed E-state index contributed by atoms with van der Waals surface area (Å²) in [6.07, 6.45) is 1.73. The maximum Gasteiger partial charge on any atom is 0.317 e. The fourth-order valence-electron chi connectivity index (χ4n) is 1.22. The number of pyridine rings is 1. The number of urea groups is 1. The largest absolute Gasteiger partial charge is 0.333 e. The van der Waals surface area contributed by atoms with Crippen molar-refractivity contribution in [1.29, 1.82) is 0 Å². The first-order chi connectivity index (χ1) is 7.38. The second-order valence-corrected chi connectivity index (χ2v) is 4.86. The average Bonchev–Trinajstić information content (AvgIpc) is 2.16. The minimum absolute atomic E-state index is 0.0850. The van der Waals surface area contributed by atoms with E-state index in [1.165, 1.54) is 0 Å². The zero-order valence-corrected chi connectivity index (χ0v) is 10.3. The summed E-state index contributed by atoms with van der Waals surface area (Å²) in [6.45, 7) is 6.39. The number of carbonyl (C=O) groups is 1. The maximum absolute atomic E-state index is 11.8. The van der Waals surface area contributed by atoms with Crippen LogP contribution in [0.5, 0.6) is 0 Å². The molecule has 1 rings (SSSR count). The molecule has 0 fully saturated rings. The first kappa shape index (κ1) is 12.5. The van der Waals surface area contributed by atoms with Crippen molar-refractivity contribution in [3.8, 4) is 0 Å². The third-order valence-corrected chi connectivity index (χ3v) is 1.95. The van der Waals surface area contributed by atoms with Crippen LogP contribution in [0.1, 0.15) is 26.5 Å². The molecule has 4 heteroatoms. The molecule has 0 saturated carbocycles. The van der Waals surface area contributed by atoms with Crippen molar-refractivity contribution < 1.29 is 4.79 Å². The molecular weight excluding hydrogens is 202 g/mol. The van der Waals surface area contributed by atoms with Crippen LogP contribution in [0.4, 0.5) is 4.79 Å². The highest BCUT2D eigenvalue weighted by atomic mass is 16.2. The lowest BCUT2D eigenvalue weighted by Gasteiger charge is -2.25. The molecule has 0 radical (unpaired) electrons. The van der Waals surface area contributed by atoms with Crippen LogP contribution in [-0.4, -0.2) is 28.5 Å². The van der Waals surface area contributed by atoms with Crippen LogP contribution < -0.4 is 5.32 Å². The van der Waals surface area contributed by atoms with Gasteiger partial charge in [0.2, 0.25) is 0 Å². The molecule has 0 aromatic carbocycles. The van der Waals surface area contributed by atoms with Gasteiger partial charge in [-0.1, -0.05) is 6.07 Å². The summed E-state index contributed by atoms with van der Waals surface area (Å²) in [5, 5.41) is 2.90. The Bertz CT molecular complexity index is 343. The standard InChI is InChI=1S/C12H19N3O/c1-12(2,3)14-11(16)15(4)9-10-7-5-6-8-13-10/h5-8H,9H2,1-4H3,(H,14,16). The lowest BCUT2D eigenvalue weighted by molar-refractivity contribution is 0.197. The average molecular weight is 221 g/mol. The van der Waals surface area contributed by atoms with Crippen LogP contribution in [0.15, 0.2) is 24.4 Å². The molecular formula is C12H19N3O. The number of aromatic nitrogens is 1. The molecule has 4 nitrogen and oxygen atoms in total. The highest BCUT2D eigenvalue weighted by Crippen LogP contribution is 2.03. The van der Waals surface area contributed by atoms with E-state index in [0.717, 1.165) is 5.69 Å². The molecule has 0 aliphatic heterocycles. The molecule has 0 unspecified atom stereocenters. The van der Waals surface area contributed by atoms with E-state index in [0.29, 0.717) is 6.54 Å². The Morgan fingerprint density at radius 3 is 2.62 bits per heavy atom. The van der Waals surface area contributed by atoms with Gasteiger partial charge in [0.15, 0.2) is 0 Å².